The van der Waals surface area contributed by atoms with E-state index in [2.05, 4.69) is 22.6 Å². The number of aryl methyl sites for hydroxylation is 1. The number of nitrogens with two attached hydrogens (primary N) is 1. The average Bonchev–Trinajstić information content (AvgIpc) is 2.84. The quantitative estimate of drug-likeness (QED) is 0.695. The van der Waals surface area contributed by atoms with Gasteiger partial charge in [-0.15, -0.1) is 12.4 Å². The van der Waals surface area contributed by atoms with Crippen molar-refractivity contribution in [2.45, 2.75) is 19.4 Å². The van der Waals surface area contributed by atoms with Crippen molar-refractivity contribution >= 4 is 46.4 Å². The summed E-state index contributed by atoms with van der Waals surface area (Å²) in [4.78, 5) is 7.14. The van der Waals surface area contributed by atoms with E-state index in [-0.39, 0.29) is 12.4 Å². The molecule has 4 rings (SSSR count). The van der Waals surface area contributed by atoms with E-state index < -0.39 is 0 Å². The van der Waals surface area contributed by atoms with Crippen LogP contribution in [0.2, 0.25) is 5.02 Å². The molecule has 2 N–H and O–H groups in total. The molecule has 0 bridgehead atoms. The van der Waals surface area contributed by atoms with Crippen molar-refractivity contribution in [2.24, 2.45) is 7.05 Å². The van der Waals surface area contributed by atoms with Crippen molar-refractivity contribution in [3.05, 3.63) is 52.8 Å². The Bertz CT molecular complexity index is 888. The van der Waals surface area contributed by atoms with E-state index in [9.17, 15) is 0 Å². The molecule has 0 unspecified atom stereocenters. The molecular formula is C18H20Cl2N4. The van der Waals surface area contributed by atoms with Gasteiger partial charge in [0.1, 0.15) is 5.82 Å². The van der Waals surface area contributed by atoms with Crippen LogP contribution in [0.15, 0.2) is 36.4 Å². The molecule has 0 amide bonds. The van der Waals surface area contributed by atoms with Gasteiger partial charge in [0.05, 0.1) is 17.6 Å². The second-order valence-electron chi connectivity index (χ2n) is 6.09. The zero-order chi connectivity index (χ0) is 16.0. The summed E-state index contributed by atoms with van der Waals surface area (Å²) < 4.78 is 2.15. The maximum absolute atomic E-state index is 6.14. The number of rotatable bonds is 2. The molecule has 6 heteroatoms. The van der Waals surface area contributed by atoms with Crippen LogP contribution in [0.5, 0.6) is 0 Å². The fraction of sp³-hybridized carbons (Fsp3) is 0.278. The number of nitrogen functional groups attached to an aromatic ring is 1. The minimum atomic E-state index is 0. The summed E-state index contributed by atoms with van der Waals surface area (Å²) >= 11 is 6.08. The highest BCUT2D eigenvalue weighted by molar-refractivity contribution is 6.31. The van der Waals surface area contributed by atoms with Gasteiger partial charge in [0.2, 0.25) is 0 Å². The lowest BCUT2D eigenvalue weighted by Gasteiger charge is -2.31. The molecule has 126 valence electrons. The molecule has 2 aromatic carbocycles. The number of fused-ring (bicyclic) bond motifs is 2. The van der Waals surface area contributed by atoms with Crippen molar-refractivity contribution in [1.82, 2.24) is 9.55 Å². The van der Waals surface area contributed by atoms with Crippen LogP contribution in [0.4, 0.5) is 11.4 Å². The van der Waals surface area contributed by atoms with Gasteiger partial charge in [-0.2, -0.15) is 0 Å². The van der Waals surface area contributed by atoms with Crippen molar-refractivity contribution < 1.29 is 0 Å². The van der Waals surface area contributed by atoms with Gasteiger partial charge in [-0.05, 0) is 48.7 Å². The van der Waals surface area contributed by atoms with Gasteiger partial charge < -0.3 is 15.2 Å². The fourth-order valence-corrected chi connectivity index (χ4v) is 3.59. The standard InChI is InChI=1S/C18H19ClN4.ClH/c1-22-17-8-7-12(19)10-15(17)21-18(22)11-23-9-3-4-13-14(20)5-2-6-16(13)23;/h2,5-8,10H,3-4,9,11,20H2,1H3;1H. The van der Waals surface area contributed by atoms with Gasteiger partial charge in [0.15, 0.2) is 0 Å². The van der Waals surface area contributed by atoms with E-state index in [1.165, 1.54) is 11.3 Å². The number of hydrogen-bond donors (Lipinski definition) is 1. The predicted molar refractivity (Wildman–Crippen MR) is 103 cm³/mol. The second kappa shape index (κ2) is 6.54. The number of nitrogens with zero attached hydrogens (tertiary/aromatic N) is 3. The lowest BCUT2D eigenvalue weighted by molar-refractivity contribution is 0.662. The Hall–Kier alpha value is -1.91. The monoisotopic (exact) mass is 362 g/mol. The van der Waals surface area contributed by atoms with E-state index in [1.54, 1.807) is 0 Å². The molecule has 0 saturated heterocycles. The van der Waals surface area contributed by atoms with Crippen LogP contribution in [0.1, 0.15) is 17.8 Å². The zero-order valence-corrected chi connectivity index (χ0v) is 15.1. The van der Waals surface area contributed by atoms with Crippen LogP contribution < -0.4 is 10.6 Å². The highest BCUT2D eigenvalue weighted by Gasteiger charge is 2.20. The number of hydrogen-bond acceptors (Lipinski definition) is 3. The lowest BCUT2D eigenvalue weighted by atomic mass is 10.00. The molecule has 0 fully saturated rings. The van der Waals surface area contributed by atoms with E-state index >= 15 is 0 Å². The average molecular weight is 363 g/mol. The SMILES string of the molecule is Cl.Cn1c(CN2CCCc3c(N)cccc32)nc2cc(Cl)ccc21. The summed E-state index contributed by atoms with van der Waals surface area (Å²) in [7, 11) is 2.06. The van der Waals surface area contributed by atoms with Crippen molar-refractivity contribution in [2.75, 3.05) is 17.2 Å². The van der Waals surface area contributed by atoms with Crippen molar-refractivity contribution in [3.63, 3.8) is 0 Å². The Balaban J connectivity index is 0.00000169. The minimum Gasteiger partial charge on any atom is -0.398 e. The third kappa shape index (κ3) is 2.80. The lowest BCUT2D eigenvalue weighted by Crippen LogP contribution is -2.30. The van der Waals surface area contributed by atoms with Crippen LogP contribution in [-0.4, -0.2) is 16.1 Å². The summed E-state index contributed by atoms with van der Waals surface area (Å²) in [5.41, 5.74) is 11.6. The normalized spacial score (nSPS) is 13.7. The fourth-order valence-electron chi connectivity index (χ4n) is 3.43. The van der Waals surface area contributed by atoms with Gasteiger partial charge in [0, 0.05) is 30.0 Å². The van der Waals surface area contributed by atoms with Crippen molar-refractivity contribution in [3.8, 4) is 0 Å². The number of aromatic nitrogens is 2. The molecule has 1 aromatic heterocycles. The third-order valence-corrected chi connectivity index (χ3v) is 4.89. The van der Waals surface area contributed by atoms with E-state index in [4.69, 9.17) is 22.3 Å². The van der Waals surface area contributed by atoms with Gasteiger partial charge in [-0.3, -0.25) is 0 Å². The second-order valence-corrected chi connectivity index (χ2v) is 6.53. The first kappa shape index (κ1) is 16.9. The van der Waals surface area contributed by atoms with Crippen LogP contribution in [0.25, 0.3) is 11.0 Å². The molecule has 1 aliphatic heterocycles. The van der Waals surface area contributed by atoms with Crippen LogP contribution >= 0.6 is 24.0 Å². The molecular weight excluding hydrogens is 343 g/mol. The third-order valence-electron chi connectivity index (χ3n) is 4.65. The molecule has 24 heavy (non-hydrogen) atoms. The summed E-state index contributed by atoms with van der Waals surface area (Å²) in [5.74, 6) is 1.04. The molecule has 0 aliphatic carbocycles. The first-order chi connectivity index (χ1) is 11.1. The van der Waals surface area contributed by atoms with Gasteiger partial charge in [-0.1, -0.05) is 17.7 Å². The minimum absolute atomic E-state index is 0. The molecule has 1 aliphatic rings. The largest absolute Gasteiger partial charge is 0.398 e. The molecule has 3 aromatic rings. The summed E-state index contributed by atoms with van der Waals surface area (Å²) in [5, 5.41) is 0.721. The van der Waals surface area contributed by atoms with Crippen LogP contribution in [-0.2, 0) is 20.0 Å². The molecule has 0 atom stereocenters. The maximum atomic E-state index is 6.14. The number of anilines is 2. The maximum Gasteiger partial charge on any atom is 0.129 e. The Kier molecular flexibility index (Phi) is 4.61. The van der Waals surface area contributed by atoms with Crippen LogP contribution in [0.3, 0.4) is 0 Å². The topological polar surface area (TPSA) is 47.1 Å². The highest BCUT2D eigenvalue weighted by atomic mass is 35.5. The van der Waals surface area contributed by atoms with Gasteiger partial charge in [-0.25, -0.2) is 4.98 Å². The zero-order valence-electron chi connectivity index (χ0n) is 13.5. The molecule has 0 radical (unpaired) electrons. The number of imidazole rings is 1. The molecule has 0 saturated carbocycles. The summed E-state index contributed by atoms with van der Waals surface area (Å²) in [6, 6.07) is 12.0. The Morgan fingerprint density at radius 2 is 2.08 bits per heavy atom. The molecule has 4 nitrogen and oxygen atoms in total. The highest BCUT2D eigenvalue weighted by Crippen LogP contribution is 2.32. The first-order valence-corrected chi connectivity index (χ1v) is 8.24. The van der Waals surface area contributed by atoms with E-state index in [1.807, 2.05) is 30.3 Å². The van der Waals surface area contributed by atoms with Gasteiger partial charge in [0.25, 0.3) is 0 Å². The van der Waals surface area contributed by atoms with E-state index in [0.29, 0.717) is 0 Å². The van der Waals surface area contributed by atoms with Crippen LogP contribution in [0, 0.1) is 0 Å². The Morgan fingerprint density at radius 1 is 1.25 bits per heavy atom. The number of halogens is 2. The summed E-state index contributed by atoms with van der Waals surface area (Å²) in [6.45, 7) is 1.81. The molecule has 2 heterocycles. The predicted octanol–water partition coefficient (Wildman–Crippen LogP) is 4.18. The Morgan fingerprint density at radius 3 is 2.92 bits per heavy atom. The first-order valence-electron chi connectivity index (χ1n) is 7.86. The van der Waals surface area contributed by atoms with Crippen molar-refractivity contribution in [1.29, 1.82) is 0 Å². The summed E-state index contributed by atoms with van der Waals surface area (Å²) in [6.07, 6.45) is 2.17. The molecule has 0 spiro atoms. The van der Waals surface area contributed by atoms with E-state index in [0.717, 1.165) is 53.5 Å². The number of benzene rings is 2. The Labute approximate surface area is 152 Å². The van der Waals surface area contributed by atoms with Gasteiger partial charge >= 0.3 is 0 Å². The smallest absolute Gasteiger partial charge is 0.129 e.